The van der Waals surface area contributed by atoms with Crippen molar-refractivity contribution in [3.8, 4) is 0 Å². The van der Waals surface area contributed by atoms with Gasteiger partial charge in [-0.05, 0) is 11.6 Å². The molecule has 0 spiro atoms. The molecular weight excluding hydrogens is 174 g/mol. The summed E-state index contributed by atoms with van der Waals surface area (Å²) in [6.45, 7) is -0.629. The number of nitrogens with zero attached hydrogens (tertiary/aromatic N) is 1. The summed E-state index contributed by atoms with van der Waals surface area (Å²) in [5, 5.41) is 20.6. The van der Waals surface area contributed by atoms with Gasteiger partial charge < -0.3 is 0 Å². The summed E-state index contributed by atoms with van der Waals surface area (Å²) in [7, 11) is 0. The van der Waals surface area contributed by atoms with Gasteiger partial charge in [0.1, 0.15) is 17.1 Å². The van der Waals surface area contributed by atoms with Gasteiger partial charge in [-0.1, -0.05) is 18.2 Å². The molecule has 0 aliphatic heterocycles. The van der Waals surface area contributed by atoms with Crippen molar-refractivity contribution in [2.45, 2.75) is 6.61 Å². The fourth-order valence-corrected chi connectivity index (χ4v) is 0.953. The Morgan fingerprint density at radius 2 is 2.00 bits per heavy atom. The minimum Gasteiger partial charge on any atom is -0.255 e. The third-order valence-electron chi connectivity index (χ3n) is 1.57. The average Bonchev–Trinajstić information content (AvgIpc) is 2.16. The maximum atomic E-state index is 10.9. The van der Waals surface area contributed by atoms with E-state index in [0.717, 1.165) is 0 Å². The van der Waals surface area contributed by atoms with Crippen LogP contribution in [-0.2, 0) is 11.7 Å². The van der Waals surface area contributed by atoms with Crippen LogP contribution < -0.4 is 0 Å². The molecule has 0 bridgehead atoms. The summed E-state index contributed by atoms with van der Waals surface area (Å²) < 4.78 is 0. The van der Waals surface area contributed by atoms with Crippen LogP contribution in [0.5, 0.6) is 0 Å². The minimum absolute atomic E-state index is 0.123. The van der Waals surface area contributed by atoms with Crippen molar-refractivity contribution in [2.24, 2.45) is 0 Å². The van der Waals surface area contributed by atoms with Gasteiger partial charge in [0, 0.05) is 0 Å². The number of carbonyl (C=O) groups is 1. The average molecular weight is 180 g/mol. The molecular formula is C8H6NO4. The molecule has 0 N–H and O–H groups in total. The van der Waals surface area contributed by atoms with E-state index in [4.69, 9.17) is 0 Å². The van der Waals surface area contributed by atoms with Gasteiger partial charge in [-0.25, -0.2) is 9.90 Å². The van der Waals surface area contributed by atoms with Gasteiger partial charge in [-0.2, -0.15) is 0 Å². The van der Waals surface area contributed by atoms with Crippen molar-refractivity contribution in [3.05, 3.63) is 45.5 Å². The van der Waals surface area contributed by atoms with Gasteiger partial charge in [-0.3, -0.25) is 10.1 Å². The highest BCUT2D eigenvalue weighted by atomic mass is 16.6. The van der Waals surface area contributed by atoms with Gasteiger partial charge in [-0.15, -0.1) is 0 Å². The molecule has 5 heteroatoms. The quantitative estimate of drug-likeness (QED) is 0.503. The molecule has 0 saturated heterocycles. The number of hydrogen-bond donors (Lipinski definition) is 0. The van der Waals surface area contributed by atoms with Crippen LogP contribution >= 0.6 is 0 Å². The molecule has 1 radical (unpaired) electrons. The smallest absolute Gasteiger partial charge is 0.255 e. The zero-order chi connectivity index (χ0) is 9.84. The Hall–Kier alpha value is -1.75. The number of nitro groups is 1. The lowest BCUT2D eigenvalue weighted by atomic mass is 10.1. The molecule has 1 aromatic rings. The van der Waals surface area contributed by atoms with E-state index in [1.54, 1.807) is 6.07 Å². The molecule has 67 valence electrons. The normalized spacial score (nSPS) is 9.62. The highest BCUT2D eigenvalue weighted by Gasteiger charge is 2.21. The van der Waals surface area contributed by atoms with E-state index in [0.29, 0.717) is 0 Å². The first-order valence-electron chi connectivity index (χ1n) is 3.51. The summed E-state index contributed by atoms with van der Waals surface area (Å²) in [4.78, 5) is 20.0. The lowest BCUT2D eigenvalue weighted by molar-refractivity contribution is -0.375. The summed E-state index contributed by atoms with van der Waals surface area (Å²) >= 11 is 0. The lowest BCUT2D eigenvalue weighted by Crippen LogP contribution is -2.13. The number of hydrogen-bond acceptors (Lipinski definition) is 3. The van der Waals surface area contributed by atoms with Gasteiger partial charge in [0.2, 0.25) is 0 Å². The summed E-state index contributed by atoms with van der Waals surface area (Å²) in [5.74, 6) is -1.23. The van der Waals surface area contributed by atoms with Crippen LogP contribution in [0.15, 0.2) is 24.3 Å². The molecule has 1 amide bonds. The van der Waals surface area contributed by atoms with E-state index in [9.17, 15) is 20.0 Å². The van der Waals surface area contributed by atoms with Gasteiger partial charge in [0.05, 0.1) is 0 Å². The Labute approximate surface area is 73.8 Å². The molecule has 0 atom stereocenters. The van der Waals surface area contributed by atoms with Crippen molar-refractivity contribution in [1.29, 1.82) is 0 Å². The summed E-state index contributed by atoms with van der Waals surface area (Å²) in [5.41, 5.74) is 0.0340. The SMILES string of the molecule is [O]Cc1ccccc1C(=O)[N+](=O)[O-]. The van der Waals surface area contributed by atoms with E-state index < -0.39 is 17.4 Å². The van der Waals surface area contributed by atoms with Crippen molar-refractivity contribution < 1.29 is 14.8 Å². The van der Waals surface area contributed by atoms with Crippen molar-refractivity contribution >= 4 is 5.91 Å². The predicted molar refractivity (Wildman–Crippen MR) is 42.2 cm³/mol. The number of rotatable bonds is 2. The zero-order valence-corrected chi connectivity index (χ0v) is 6.60. The maximum absolute atomic E-state index is 10.9. The minimum atomic E-state index is -1.23. The third-order valence-corrected chi connectivity index (χ3v) is 1.57. The molecule has 0 unspecified atom stereocenters. The van der Waals surface area contributed by atoms with Gasteiger partial charge in [0.15, 0.2) is 0 Å². The second-order valence-electron chi connectivity index (χ2n) is 2.36. The maximum Gasteiger partial charge on any atom is 0.476 e. The molecule has 13 heavy (non-hydrogen) atoms. The first-order chi connectivity index (χ1) is 6.16. The Balaban J connectivity index is 3.13. The molecule has 0 aliphatic rings. The number of amides is 1. The largest absolute Gasteiger partial charge is 0.476 e. The fraction of sp³-hybridized carbons (Fsp3) is 0.125. The molecule has 0 saturated carbocycles. The Morgan fingerprint density at radius 1 is 1.38 bits per heavy atom. The lowest BCUT2D eigenvalue weighted by Gasteiger charge is -1.97. The van der Waals surface area contributed by atoms with Crippen molar-refractivity contribution in [2.75, 3.05) is 0 Å². The summed E-state index contributed by atoms with van der Waals surface area (Å²) in [6.07, 6.45) is 0. The second-order valence-corrected chi connectivity index (χ2v) is 2.36. The van der Waals surface area contributed by atoms with E-state index in [1.807, 2.05) is 0 Å². The van der Waals surface area contributed by atoms with Crippen LogP contribution in [0, 0.1) is 10.1 Å². The number of benzene rings is 1. The highest BCUT2D eigenvalue weighted by Crippen LogP contribution is 2.09. The topological polar surface area (TPSA) is 80.1 Å². The molecule has 0 heterocycles. The Bertz CT molecular complexity index is 348. The van der Waals surface area contributed by atoms with Crippen LogP contribution in [0.25, 0.3) is 0 Å². The molecule has 0 fully saturated rings. The molecule has 1 rings (SSSR count). The van der Waals surface area contributed by atoms with Crippen molar-refractivity contribution in [1.82, 2.24) is 0 Å². The molecule has 5 nitrogen and oxygen atoms in total. The zero-order valence-electron chi connectivity index (χ0n) is 6.60. The molecule has 0 aliphatic carbocycles. The first-order valence-corrected chi connectivity index (χ1v) is 3.51. The van der Waals surface area contributed by atoms with E-state index in [1.165, 1.54) is 18.2 Å². The Kier molecular flexibility index (Phi) is 2.71. The standard InChI is InChI=1S/C8H6NO4/c10-5-6-3-1-2-4-7(6)8(11)9(12)13/h1-4H,5H2. The Morgan fingerprint density at radius 3 is 2.54 bits per heavy atom. The highest BCUT2D eigenvalue weighted by molar-refractivity contribution is 5.89. The van der Waals surface area contributed by atoms with Crippen LogP contribution in [0.4, 0.5) is 0 Å². The monoisotopic (exact) mass is 180 g/mol. The van der Waals surface area contributed by atoms with Crippen LogP contribution in [0.1, 0.15) is 15.9 Å². The van der Waals surface area contributed by atoms with E-state index >= 15 is 0 Å². The predicted octanol–water partition coefficient (Wildman–Crippen LogP) is 1.03. The third kappa shape index (κ3) is 1.88. The molecule has 0 aromatic heterocycles. The van der Waals surface area contributed by atoms with Crippen molar-refractivity contribution in [3.63, 3.8) is 0 Å². The first kappa shape index (κ1) is 9.34. The van der Waals surface area contributed by atoms with Gasteiger partial charge in [0.25, 0.3) is 0 Å². The van der Waals surface area contributed by atoms with E-state index in [2.05, 4.69) is 0 Å². The molecule has 1 aromatic carbocycles. The summed E-state index contributed by atoms with van der Waals surface area (Å²) in [6, 6.07) is 5.72. The fourth-order valence-electron chi connectivity index (χ4n) is 0.953. The van der Waals surface area contributed by atoms with Crippen LogP contribution in [-0.4, -0.2) is 10.8 Å². The number of carbonyl (C=O) groups excluding carboxylic acids is 1. The van der Waals surface area contributed by atoms with Crippen LogP contribution in [0.3, 0.4) is 0 Å². The second kappa shape index (κ2) is 3.77. The van der Waals surface area contributed by atoms with Crippen LogP contribution in [0.2, 0.25) is 0 Å². The van der Waals surface area contributed by atoms with E-state index in [-0.39, 0.29) is 11.1 Å². The van der Waals surface area contributed by atoms with Gasteiger partial charge >= 0.3 is 5.91 Å².